The lowest BCUT2D eigenvalue weighted by Gasteiger charge is -2.50. The maximum atomic E-state index is 13.6. The number of carbonyl (C=O) groups is 3. The summed E-state index contributed by atoms with van der Waals surface area (Å²) in [6.07, 6.45) is 0.265. The number of hydrogen-bond acceptors (Lipinski definition) is 7. The molecule has 9 nitrogen and oxygen atoms in total. The van der Waals surface area contributed by atoms with Crippen LogP contribution in [0, 0.1) is 0 Å². The summed E-state index contributed by atoms with van der Waals surface area (Å²) in [5.41, 5.74) is 0.0154. The minimum Gasteiger partial charge on any atom is -0.452 e. The lowest BCUT2D eigenvalue weighted by Crippen LogP contribution is -2.70. The highest BCUT2D eigenvalue weighted by atomic mass is 16.6. The van der Waals surface area contributed by atoms with Gasteiger partial charge in [-0.3, -0.25) is 14.5 Å². The van der Waals surface area contributed by atoms with E-state index in [1.165, 1.54) is 9.80 Å². The molecule has 2 aliphatic heterocycles. The molecule has 3 aromatic rings. The van der Waals surface area contributed by atoms with E-state index in [0.717, 1.165) is 5.56 Å². The van der Waals surface area contributed by atoms with Crippen molar-refractivity contribution in [3.05, 3.63) is 66.1 Å². The van der Waals surface area contributed by atoms with Crippen molar-refractivity contribution in [1.29, 1.82) is 0 Å². The van der Waals surface area contributed by atoms with Crippen LogP contribution in [0.15, 0.2) is 59.1 Å². The van der Waals surface area contributed by atoms with Crippen molar-refractivity contribution in [3.63, 3.8) is 0 Å². The molecule has 0 bridgehead atoms. The van der Waals surface area contributed by atoms with Crippen LogP contribution in [-0.2, 0) is 20.9 Å². The summed E-state index contributed by atoms with van der Waals surface area (Å²) in [6.45, 7) is 3.35. The van der Waals surface area contributed by atoms with Crippen molar-refractivity contribution in [2.24, 2.45) is 0 Å². The van der Waals surface area contributed by atoms with E-state index in [9.17, 15) is 14.4 Å². The summed E-state index contributed by atoms with van der Waals surface area (Å²) < 4.78 is 10.8. The molecule has 0 radical (unpaired) electrons. The Morgan fingerprint density at radius 1 is 1.12 bits per heavy atom. The fourth-order valence-electron chi connectivity index (χ4n) is 4.63. The average Bonchev–Trinajstić information content (AvgIpc) is 3.43. The number of aromatic nitrogens is 2. The summed E-state index contributed by atoms with van der Waals surface area (Å²) in [6, 6.07) is 15.7. The average molecular weight is 446 g/mol. The Bertz CT molecular complexity index is 1240. The second-order valence-corrected chi connectivity index (χ2v) is 8.29. The fraction of sp³-hybridized carbons (Fsp3) is 0.292. The highest BCUT2D eigenvalue weighted by Crippen LogP contribution is 2.46. The van der Waals surface area contributed by atoms with Crippen molar-refractivity contribution < 1.29 is 23.6 Å². The molecular weight excluding hydrogens is 424 g/mol. The molecule has 1 fully saturated rings. The molecule has 5 rings (SSSR count). The number of rotatable bonds is 5. The number of ether oxygens (including phenoxy) is 1. The first-order chi connectivity index (χ1) is 15.9. The normalized spacial score (nSPS) is 19.6. The molecule has 3 heterocycles. The van der Waals surface area contributed by atoms with Crippen LogP contribution in [0.3, 0.4) is 0 Å². The zero-order chi connectivity index (χ0) is 23.2. The summed E-state index contributed by atoms with van der Waals surface area (Å²) in [7, 11) is 0. The van der Waals surface area contributed by atoms with Crippen molar-refractivity contribution in [2.75, 3.05) is 4.90 Å². The monoisotopic (exact) mass is 446 g/mol. The molecule has 2 aromatic carbocycles. The van der Waals surface area contributed by atoms with Gasteiger partial charge in [0, 0.05) is 24.4 Å². The first kappa shape index (κ1) is 20.9. The third kappa shape index (κ3) is 3.19. The minimum atomic E-state index is -1.56. The summed E-state index contributed by atoms with van der Waals surface area (Å²) in [5, 5.41) is 3.93. The zero-order valence-corrected chi connectivity index (χ0v) is 18.2. The van der Waals surface area contributed by atoms with E-state index in [0.29, 0.717) is 17.1 Å². The fourth-order valence-corrected chi connectivity index (χ4v) is 4.63. The standard InChI is InChI=1S/C24H22N4O5/c1-15(2)27-22(30)17-10-6-7-11-18(17)28-20(29)12-13-24(27,28)23(31)32-14-19-25-21(26-33-19)16-8-4-3-5-9-16/h3-11,15H,12-14H2,1-2H3/t24-/m0/s1. The van der Waals surface area contributed by atoms with Crippen molar-refractivity contribution in [3.8, 4) is 11.4 Å². The Labute approximate surface area is 189 Å². The number of carbonyl (C=O) groups excluding carboxylic acids is 3. The SMILES string of the molecule is CC(C)N1C(=O)c2ccccc2N2C(=O)CC[C@@]21C(=O)OCc1nc(-c2ccccc2)no1. The molecule has 0 aliphatic carbocycles. The third-order valence-electron chi connectivity index (χ3n) is 5.97. The van der Waals surface area contributed by atoms with Gasteiger partial charge < -0.3 is 14.2 Å². The summed E-state index contributed by atoms with van der Waals surface area (Å²) in [4.78, 5) is 47.0. The lowest BCUT2D eigenvalue weighted by molar-refractivity contribution is -0.160. The molecule has 168 valence electrons. The number of fused-ring (bicyclic) bond motifs is 3. The molecule has 9 heteroatoms. The van der Waals surface area contributed by atoms with Gasteiger partial charge in [-0.1, -0.05) is 47.6 Å². The third-order valence-corrected chi connectivity index (χ3v) is 5.97. The van der Waals surface area contributed by atoms with Gasteiger partial charge >= 0.3 is 5.97 Å². The van der Waals surface area contributed by atoms with Gasteiger partial charge in [0.1, 0.15) is 0 Å². The van der Waals surface area contributed by atoms with Crippen LogP contribution in [0.5, 0.6) is 0 Å². The molecule has 1 saturated heterocycles. The number of para-hydroxylation sites is 1. The lowest BCUT2D eigenvalue weighted by atomic mass is 9.95. The van der Waals surface area contributed by atoms with E-state index >= 15 is 0 Å². The van der Waals surface area contributed by atoms with Crippen LogP contribution < -0.4 is 4.90 Å². The maximum absolute atomic E-state index is 13.6. The smallest absolute Gasteiger partial charge is 0.354 e. The molecular formula is C24H22N4O5. The van der Waals surface area contributed by atoms with E-state index in [1.54, 1.807) is 24.3 Å². The summed E-state index contributed by atoms with van der Waals surface area (Å²) in [5.74, 6) is -0.755. The van der Waals surface area contributed by atoms with Crippen molar-refractivity contribution in [1.82, 2.24) is 15.0 Å². The van der Waals surface area contributed by atoms with Crippen LogP contribution in [0.4, 0.5) is 5.69 Å². The number of anilines is 1. The molecule has 1 aromatic heterocycles. The number of benzene rings is 2. The number of nitrogens with zero attached hydrogens (tertiary/aromatic N) is 4. The number of amides is 2. The molecule has 2 aliphatic rings. The molecule has 2 amide bonds. The van der Waals surface area contributed by atoms with Gasteiger partial charge in [0.05, 0.1) is 11.3 Å². The first-order valence-corrected chi connectivity index (χ1v) is 10.7. The van der Waals surface area contributed by atoms with Crippen molar-refractivity contribution in [2.45, 2.75) is 45.0 Å². The van der Waals surface area contributed by atoms with Gasteiger partial charge in [-0.15, -0.1) is 0 Å². The highest BCUT2D eigenvalue weighted by Gasteiger charge is 2.62. The van der Waals surface area contributed by atoms with Gasteiger partial charge in [-0.25, -0.2) is 4.79 Å². The molecule has 0 N–H and O–H groups in total. The van der Waals surface area contributed by atoms with Gasteiger partial charge in [-0.2, -0.15) is 4.98 Å². The number of esters is 1. The largest absolute Gasteiger partial charge is 0.452 e. The Balaban J connectivity index is 1.46. The second-order valence-electron chi connectivity index (χ2n) is 8.29. The van der Waals surface area contributed by atoms with Gasteiger partial charge in [0.15, 0.2) is 6.61 Å². The van der Waals surface area contributed by atoms with E-state index in [1.807, 2.05) is 44.2 Å². The topological polar surface area (TPSA) is 106 Å². The van der Waals surface area contributed by atoms with Crippen LogP contribution in [-0.4, -0.2) is 44.5 Å². The van der Waals surface area contributed by atoms with Crippen LogP contribution in [0.25, 0.3) is 11.4 Å². The van der Waals surface area contributed by atoms with Gasteiger partial charge in [-0.05, 0) is 26.0 Å². The Hall–Kier alpha value is -4.01. The first-order valence-electron chi connectivity index (χ1n) is 10.7. The molecule has 33 heavy (non-hydrogen) atoms. The van der Waals surface area contributed by atoms with E-state index in [4.69, 9.17) is 9.26 Å². The predicted octanol–water partition coefficient (Wildman–Crippen LogP) is 3.17. The Kier molecular flexibility index (Phi) is 4.96. The van der Waals surface area contributed by atoms with Crippen LogP contribution in [0.2, 0.25) is 0 Å². The Morgan fingerprint density at radius 3 is 2.61 bits per heavy atom. The second kappa shape index (κ2) is 7.84. The number of hydrogen-bond donors (Lipinski definition) is 0. The zero-order valence-electron chi connectivity index (χ0n) is 18.2. The van der Waals surface area contributed by atoms with Gasteiger partial charge in [0.2, 0.25) is 17.4 Å². The van der Waals surface area contributed by atoms with Crippen LogP contribution >= 0.6 is 0 Å². The van der Waals surface area contributed by atoms with Crippen molar-refractivity contribution >= 4 is 23.5 Å². The predicted molar refractivity (Wildman–Crippen MR) is 117 cm³/mol. The van der Waals surface area contributed by atoms with Crippen LogP contribution in [0.1, 0.15) is 42.9 Å². The van der Waals surface area contributed by atoms with Gasteiger partial charge in [0.25, 0.3) is 11.8 Å². The van der Waals surface area contributed by atoms with E-state index < -0.39 is 11.6 Å². The summed E-state index contributed by atoms with van der Waals surface area (Å²) >= 11 is 0. The molecule has 0 spiro atoms. The molecule has 0 unspecified atom stereocenters. The maximum Gasteiger partial charge on any atom is 0.354 e. The van der Waals surface area contributed by atoms with E-state index in [-0.39, 0.29) is 43.2 Å². The molecule has 0 saturated carbocycles. The molecule has 1 atom stereocenters. The highest BCUT2D eigenvalue weighted by molar-refractivity contribution is 6.15. The quantitative estimate of drug-likeness (QED) is 0.554. The minimum absolute atomic E-state index is 0.119. The Morgan fingerprint density at radius 2 is 1.85 bits per heavy atom. The van der Waals surface area contributed by atoms with E-state index in [2.05, 4.69) is 10.1 Å².